The molecule has 0 aromatic heterocycles. The average Bonchev–Trinajstić information content (AvgIpc) is 2.73. The van der Waals surface area contributed by atoms with Gasteiger partial charge in [0.15, 0.2) is 0 Å². The molecule has 0 saturated heterocycles. The van der Waals surface area contributed by atoms with Crippen LogP contribution in [0.3, 0.4) is 0 Å². The smallest absolute Gasteiger partial charge is 0.123 e. The molecule has 0 spiro atoms. The van der Waals surface area contributed by atoms with Crippen LogP contribution < -0.4 is 0 Å². The van der Waals surface area contributed by atoms with Crippen molar-refractivity contribution in [2.45, 2.75) is 43.6 Å². The minimum atomic E-state index is -0.902. The van der Waals surface area contributed by atoms with E-state index < -0.39 is 5.60 Å². The number of benzene rings is 2. The van der Waals surface area contributed by atoms with Crippen LogP contribution in [0.15, 0.2) is 48.5 Å². The first-order valence-corrected chi connectivity index (χ1v) is 9.21. The van der Waals surface area contributed by atoms with Gasteiger partial charge in [-0.2, -0.15) is 0 Å². The number of hydrogen-bond acceptors (Lipinski definition) is 2. The molecule has 134 valence electrons. The molecule has 1 N–H and O–H groups in total. The van der Waals surface area contributed by atoms with Crippen molar-refractivity contribution < 1.29 is 9.50 Å². The Morgan fingerprint density at radius 1 is 1.12 bits per heavy atom. The SMILES string of the molecule is CN(C)CCC[C@]1(O)c2ccccc2CCC[C@@H]1c1ccc(F)cc1. The van der Waals surface area contributed by atoms with E-state index in [1.54, 1.807) is 0 Å². The summed E-state index contributed by atoms with van der Waals surface area (Å²) in [5.74, 6) is -0.229. The van der Waals surface area contributed by atoms with E-state index in [2.05, 4.69) is 37.2 Å². The number of aryl methyl sites for hydroxylation is 1. The van der Waals surface area contributed by atoms with Crippen molar-refractivity contribution in [1.29, 1.82) is 0 Å². The van der Waals surface area contributed by atoms with Gasteiger partial charge in [-0.15, -0.1) is 0 Å². The van der Waals surface area contributed by atoms with Crippen LogP contribution in [0, 0.1) is 5.82 Å². The highest BCUT2D eigenvalue weighted by molar-refractivity contribution is 5.38. The van der Waals surface area contributed by atoms with Gasteiger partial charge in [0.25, 0.3) is 0 Å². The minimum absolute atomic E-state index is 0.00101. The Balaban J connectivity index is 2.00. The number of aliphatic hydroxyl groups is 1. The molecule has 0 unspecified atom stereocenters. The number of hydrogen-bond donors (Lipinski definition) is 1. The summed E-state index contributed by atoms with van der Waals surface area (Å²) in [6.07, 6.45) is 4.58. The van der Waals surface area contributed by atoms with Crippen molar-refractivity contribution in [2.75, 3.05) is 20.6 Å². The second kappa shape index (κ2) is 7.67. The quantitative estimate of drug-likeness (QED) is 0.811. The lowest BCUT2D eigenvalue weighted by Gasteiger charge is -2.37. The van der Waals surface area contributed by atoms with Crippen LogP contribution in [-0.2, 0) is 12.0 Å². The van der Waals surface area contributed by atoms with Crippen LogP contribution in [0.4, 0.5) is 4.39 Å². The lowest BCUT2D eigenvalue weighted by atomic mass is 9.73. The van der Waals surface area contributed by atoms with Crippen LogP contribution in [0.25, 0.3) is 0 Å². The Hall–Kier alpha value is -1.71. The summed E-state index contributed by atoms with van der Waals surface area (Å²) in [6, 6.07) is 15.0. The molecule has 2 aromatic rings. The monoisotopic (exact) mass is 341 g/mol. The van der Waals surface area contributed by atoms with Crippen LogP contribution in [0.1, 0.15) is 48.3 Å². The normalized spacial score (nSPS) is 23.3. The molecular formula is C22H28FNO. The zero-order chi connectivity index (χ0) is 17.9. The summed E-state index contributed by atoms with van der Waals surface area (Å²) >= 11 is 0. The first-order valence-electron chi connectivity index (χ1n) is 9.21. The van der Waals surface area contributed by atoms with Crippen molar-refractivity contribution in [3.05, 3.63) is 71.0 Å². The molecule has 2 aromatic carbocycles. The molecule has 2 nitrogen and oxygen atoms in total. The van der Waals surface area contributed by atoms with E-state index in [-0.39, 0.29) is 11.7 Å². The van der Waals surface area contributed by atoms with Crippen molar-refractivity contribution in [3.63, 3.8) is 0 Å². The Labute approximate surface area is 150 Å². The molecule has 0 saturated carbocycles. The minimum Gasteiger partial charge on any atom is -0.385 e. The summed E-state index contributed by atoms with van der Waals surface area (Å²) in [6.45, 7) is 0.945. The maximum atomic E-state index is 13.4. The van der Waals surface area contributed by atoms with E-state index in [0.29, 0.717) is 6.42 Å². The highest BCUT2D eigenvalue weighted by atomic mass is 19.1. The maximum absolute atomic E-state index is 13.4. The number of halogens is 1. The fourth-order valence-corrected chi connectivity index (χ4v) is 4.19. The van der Waals surface area contributed by atoms with Gasteiger partial charge in [-0.05, 0) is 81.6 Å². The molecule has 3 rings (SSSR count). The summed E-state index contributed by atoms with van der Waals surface area (Å²) in [4.78, 5) is 2.15. The van der Waals surface area contributed by atoms with Gasteiger partial charge in [-0.3, -0.25) is 0 Å². The predicted octanol–water partition coefficient (Wildman–Crippen LogP) is 4.48. The zero-order valence-corrected chi connectivity index (χ0v) is 15.2. The Kier molecular flexibility index (Phi) is 5.55. The van der Waals surface area contributed by atoms with Crippen molar-refractivity contribution in [1.82, 2.24) is 4.90 Å². The largest absolute Gasteiger partial charge is 0.385 e. The summed E-state index contributed by atoms with van der Waals surface area (Å²) in [5.41, 5.74) is 2.44. The molecule has 1 aliphatic carbocycles. The summed E-state index contributed by atoms with van der Waals surface area (Å²) < 4.78 is 13.4. The van der Waals surface area contributed by atoms with E-state index in [9.17, 15) is 9.50 Å². The average molecular weight is 341 g/mol. The third-order valence-electron chi connectivity index (χ3n) is 5.43. The lowest BCUT2D eigenvalue weighted by molar-refractivity contribution is -0.00607. The van der Waals surface area contributed by atoms with Gasteiger partial charge in [0, 0.05) is 5.92 Å². The maximum Gasteiger partial charge on any atom is 0.123 e. The molecule has 3 heteroatoms. The van der Waals surface area contributed by atoms with Gasteiger partial charge < -0.3 is 10.0 Å². The fourth-order valence-electron chi connectivity index (χ4n) is 4.19. The van der Waals surface area contributed by atoms with Gasteiger partial charge >= 0.3 is 0 Å². The highest BCUT2D eigenvalue weighted by Crippen LogP contribution is 2.47. The molecular weight excluding hydrogens is 313 g/mol. The first-order chi connectivity index (χ1) is 12.0. The zero-order valence-electron chi connectivity index (χ0n) is 15.2. The molecule has 0 amide bonds. The van der Waals surface area contributed by atoms with E-state index >= 15 is 0 Å². The van der Waals surface area contributed by atoms with E-state index in [4.69, 9.17) is 0 Å². The van der Waals surface area contributed by atoms with Gasteiger partial charge in [0.2, 0.25) is 0 Å². The molecule has 0 heterocycles. The van der Waals surface area contributed by atoms with Crippen LogP contribution >= 0.6 is 0 Å². The van der Waals surface area contributed by atoms with Gasteiger partial charge in [0.05, 0.1) is 5.60 Å². The highest BCUT2D eigenvalue weighted by Gasteiger charge is 2.41. The van der Waals surface area contributed by atoms with Crippen molar-refractivity contribution in [3.8, 4) is 0 Å². The molecule has 2 atom stereocenters. The number of fused-ring (bicyclic) bond motifs is 1. The molecule has 25 heavy (non-hydrogen) atoms. The molecule has 1 aliphatic rings. The summed E-state index contributed by atoms with van der Waals surface area (Å²) in [5, 5.41) is 11.9. The fraction of sp³-hybridized carbons (Fsp3) is 0.455. The van der Waals surface area contributed by atoms with Crippen LogP contribution in [-0.4, -0.2) is 30.6 Å². The molecule has 0 fully saturated rings. The van der Waals surface area contributed by atoms with Crippen molar-refractivity contribution >= 4 is 0 Å². The van der Waals surface area contributed by atoms with Gasteiger partial charge in [-0.25, -0.2) is 4.39 Å². The summed E-state index contributed by atoms with van der Waals surface area (Å²) in [7, 11) is 4.12. The lowest BCUT2D eigenvalue weighted by Crippen LogP contribution is -2.34. The van der Waals surface area contributed by atoms with Crippen LogP contribution in [0.2, 0.25) is 0 Å². The topological polar surface area (TPSA) is 23.5 Å². The molecule has 0 bridgehead atoms. The second-order valence-electron chi connectivity index (χ2n) is 7.48. The van der Waals surface area contributed by atoms with Gasteiger partial charge in [0.1, 0.15) is 5.82 Å². The van der Waals surface area contributed by atoms with Crippen LogP contribution in [0.5, 0.6) is 0 Å². The Morgan fingerprint density at radius 3 is 2.56 bits per heavy atom. The second-order valence-corrected chi connectivity index (χ2v) is 7.48. The molecule has 0 aliphatic heterocycles. The third kappa shape index (κ3) is 3.94. The Bertz CT molecular complexity index is 697. The number of nitrogens with zero attached hydrogens (tertiary/aromatic N) is 1. The van der Waals surface area contributed by atoms with E-state index in [1.165, 1.54) is 17.7 Å². The Morgan fingerprint density at radius 2 is 1.84 bits per heavy atom. The first kappa shape index (κ1) is 18.1. The predicted molar refractivity (Wildman–Crippen MR) is 100 cm³/mol. The van der Waals surface area contributed by atoms with E-state index in [0.717, 1.165) is 43.4 Å². The van der Waals surface area contributed by atoms with E-state index in [1.807, 2.05) is 18.2 Å². The van der Waals surface area contributed by atoms with Gasteiger partial charge in [-0.1, -0.05) is 36.4 Å². The standard InChI is InChI=1S/C22H28FNO/c1-24(2)16-6-15-22(25)20-9-4-3-7-17(20)8-5-10-21(22)18-11-13-19(23)14-12-18/h3-4,7,9,11-14,21,25H,5-6,8,10,15-16H2,1-2H3/t21-,22+/m1/s1. The third-order valence-corrected chi connectivity index (χ3v) is 5.43. The molecule has 0 radical (unpaired) electrons. The van der Waals surface area contributed by atoms with Crippen molar-refractivity contribution in [2.24, 2.45) is 0 Å². The number of rotatable bonds is 5.